The molecule has 6 heteroatoms. The zero-order chi connectivity index (χ0) is 9.97. The summed E-state index contributed by atoms with van der Waals surface area (Å²) in [6.07, 6.45) is 5.06. The van der Waals surface area contributed by atoms with Gasteiger partial charge in [-0.3, -0.25) is 0 Å². The van der Waals surface area contributed by atoms with E-state index < -0.39 is 0 Å². The standard InChI is InChI=1S/C8H5ClN4S/c9-8-12-4-6(14-8)5-13-2-1-11-7(13)3-10/h1-2,4H,5H2. The van der Waals surface area contributed by atoms with Gasteiger partial charge in [-0.15, -0.1) is 11.3 Å². The van der Waals surface area contributed by atoms with Gasteiger partial charge in [0, 0.05) is 23.5 Å². The second kappa shape index (κ2) is 3.78. The van der Waals surface area contributed by atoms with Crippen molar-refractivity contribution in [2.45, 2.75) is 6.54 Å². The molecular formula is C8H5ClN4S. The third kappa shape index (κ3) is 1.76. The SMILES string of the molecule is N#Cc1nccn1Cc1cnc(Cl)s1. The maximum Gasteiger partial charge on any atom is 0.213 e. The normalized spacial score (nSPS) is 10.0. The van der Waals surface area contributed by atoms with Crippen molar-refractivity contribution in [1.82, 2.24) is 14.5 Å². The summed E-state index contributed by atoms with van der Waals surface area (Å²) in [5.74, 6) is 0.398. The maximum atomic E-state index is 8.72. The third-order valence-electron chi connectivity index (χ3n) is 1.67. The lowest BCUT2D eigenvalue weighted by Gasteiger charge is -1.98. The van der Waals surface area contributed by atoms with Gasteiger partial charge in [0.15, 0.2) is 4.47 Å². The van der Waals surface area contributed by atoms with E-state index in [-0.39, 0.29) is 0 Å². The first-order valence-corrected chi connectivity index (χ1v) is 5.00. The molecular weight excluding hydrogens is 220 g/mol. The van der Waals surface area contributed by atoms with Crippen LogP contribution < -0.4 is 0 Å². The van der Waals surface area contributed by atoms with Crippen LogP contribution in [0.25, 0.3) is 0 Å². The van der Waals surface area contributed by atoms with E-state index in [2.05, 4.69) is 9.97 Å². The summed E-state index contributed by atoms with van der Waals surface area (Å²) in [6.45, 7) is 0.591. The van der Waals surface area contributed by atoms with Crippen LogP contribution in [-0.4, -0.2) is 14.5 Å². The van der Waals surface area contributed by atoms with E-state index >= 15 is 0 Å². The molecule has 2 heterocycles. The van der Waals surface area contributed by atoms with Gasteiger partial charge in [0.05, 0.1) is 6.54 Å². The lowest BCUT2D eigenvalue weighted by Crippen LogP contribution is -1.99. The largest absolute Gasteiger partial charge is 0.317 e. The van der Waals surface area contributed by atoms with Crippen LogP contribution in [0.1, 0.15) is 10.7 Å². The van der Waals surface area contributed by atoms with Gasteiger partial charge in [0.2, 0.25) is 5.82 Å². The highest BCUT2D eigenvalue weighted by molar-refractivity contribution is 7.15. The summed E-state index contributed by atoms with van der Waals surface area (Å²) in [5.41, 5.74) is 0. The Labute approximate surface area is 89.4 Å². The predicted octanol–water partition coefficient (Wildman–Crippen LogP) is 1.91. The zero-order valence-electron chi connectivity index (χ0n) is 7.01. The molecule has 0 aromatic carbocycles. The molecule has 14 heavy (non-hydrogen) atoms. The number of nitrogens with zero attached hydrogens (tertiary/aromatic N) is 4. The molecule has 0 aliphatic heterocycles. The first-order valence-electron chi connectivity index (χ1n) is 3.81. The summed E-state index contributed by atoms with van der Waals surface area (Å²) in [6, 6.07) is 2.01. The van der Waals surface area contributed by atoms with Crippen molar-refractivity contribution in [2.24, 2.45) is 0 Å². The van der Waals surface area contributed by atoms with Crippen molar-refractivity contribution < 1.29 is 0 Å². The second-order valence-corrected chi connectivity index (χ2v) is 4.27. The molecule has 0 radical (unpaired) electrons. The summed E-state index contributed by atoms with van der Waals surface area (Å²) in [7, 11) is 0. The van der Waals surface area contributed by atoms with Crippen LogP contribution in [-0.2, 0) is 6.54 Å². The number of halogens is 1. The summed E-state index contributed by atoms with van der Waals surface area (Å²) < 4.78 is 2.27. The van der Waals surface area contributed by atoms with Crippen LogP contribution in [0, 0.1) is 11.3 Å². The van der Waals surface area contributed by atoms with E-state index in [0.717, 1.165) is 4.88 Å². The molecule has 0 unspecified atom stereocenters. The van der Waals surface area contributed by atoms with Crippen molar-refractivity contribution in [3.05, 3.63) is 33.8 Å². The zero-order valence-corrected chi connectivity index (χ0v) is 8.59. The van der Waals surface area contributed by atoms with Gasteiger partial charge in [0.25, 0.3) is 0 Å². The van der Waals surface area contributed by atoms with Crippen LogP contribution in [0.4, 0.5) is 0 Å². The molecule has 0 atom stereocenters. The molecule has 70 valence electrons. The molecule has 4 nitrogen and oxygen atoms in total. The van der Waals surface area contributed by atoms with E-state index in [9.17, 15) is 0 Å². The highest BCUT2D eigenvalue weighted by Gasteiger charge is 2.04. The van der Waals surface area contributed by atoms with E-state index in [4.69, 9.17) is 16.9 Å². The molecule has 0 saturated heterocycles. The van der Waals surface area contributed by atoms with Crippen LogP contribution in [0.15, 0.2) is 18.6 Å². The van der Waals surface area contributed by atoms with Gasteiger partial charge < -0.3 is 4.57 Å². The van der Waals surface area contributed by atoms with Gasteiger partial charge in [-0.2, -0.15) is 5.26 Å². The predicted molar refractivity (Wildman–Crippen MR) is 53.2 cm³/mol. The summed E-state index contributed by atoms with van der Waals surface area (Å²) in [5, 5.41) is 8.72. The number of rotatable bonds is 2. The summed E-state index contributed by atoms with van der Waals surface area (Å²) in [4.78, 5) is 8.81. The fourth-order valence-corrected chi connectivity index (χ4v) is 2.05. The van der Waals surface area contributed by atoms with E-state index in [1.54, 1.807) is 23.2 Å². The molecule has 2 aromatic heterocycles. The van der Waals surface area contributed by atoms with Gasteiger partial charge in [0.1, 0.15) is 6.07 Å². The maximum absolute atomic E-state index is 8.72. The third-order valence-corrected chi connectivity index (χ3v) is 2.77. The first-order chi connectivity index (χ1) is 6.79. The minimum absolute atomic E-state index is 0.398. The van der Waals surface area contributed by atoms with Crippen LogP contribution >= 0.6 is 22.9 Å². The Balaban J connectivity index is 2.23. The van der Waals surface area contributed by atoms with Crippen molar-refractivity contribution in [1.29, 1.82) is 5.26 Å². The van der Waals surface area contributed by atoms with Gasteiger partial charge in [-0.25, -0.2) is 9.97 Å². The average Bonchev–Trinajstić information content (AvgIpc) is 2.76. The molecule has 2 rings (SSSR count). The number of aromatic nitrogens is 3. The monoisotopic (exact) mass is 224 g/mol. The molecule has 0 aliphatic rings. The lowest BCUT2D eigenvalue weighted by molar-refractivity contribution is 0.792. The van der Waals surface area contributed by atoms with Crippen molar-refractivity contribution in [2.75, 3.05) is 0 Å². The quantitative estimate of drug-likeness (QED) is 0.783. The Morgan fingerprint density at radius 2 is 2.43 bits per heavy atom. The van der Waals surface area contributed by atoms with Crippen molar-refractivity contribution in [3.8, 4) is 6.07 Å². The van der Waals surface area contributed by atoms with Crippen LogP contribution in [0.2, 0.25) is 4.47 Å². The Morgan fingerprint density at radius 1 is 1.57 bits per heavy atom. The highest BCUT2D eigenvalue weighted by atomic mass is 35.5. The first kappa shape index (κ1) is 9.19. The van der Waals surface area contributed by atoms with Crippen LogP contribution in [0.3, 0.4) is 0 Å². The molecule has 0 saturated carbocycles. The van der Waals surface area contributed by atoms with E-state index in [0.29, 0.717) is 16.8 Å². The number of imidazole rings is 1. The molecule has 0 bridgehead atoms. The molecule has 0 fully saturated rings. The fraction of sp³-hybridized carbons (Fsp3) is 0.125. The molecule has 0 aliphatic carbocycles. The summed E-state index contributed by atoms with van der Waals surface area (Å²) >= 11 is 7.09. The number of hydrogen-bond acceptors (Lipinski definition) is 4. The van der Waals surface area contributed by atoms with Gasteiger partial charge in [-0.1, -0.05) is 11.6 Å². The lowest BCUT2D eigenvalue weighted by atomic mass is 10.5. The van der Waals surface area contributed by atoms with E-state index in [1.165, 1.54) is 11.3 Å². The highest BCUT2D eigenvalue weighted by Crippen LogP contribution is 2.18. The molecule has 2 aromatic rings. The Kier molecular flexibility index (Phi) is 2.48. The van der Waals surface area contributed by atoms with Crippen molar-refractivity contribution >= 4 is 22.9 Å². The Morgan fingerprint density at radius 3 is 3.07 bits per heavy atom. The number of nitriles is 1. The minimum Gasteiger partial charge on any atom is -0.317 e. The Bertz CT molecular complexity index is 481. The van der Waals surface area contributed by atoms with Crippen molar-refractivity contribution in [3.63, 3.8) is 0 Å². The smallest absolute Gasteiger partial charge is 0.213 e. The molecule has 0 amide bonds. The Hall–Kier alpha value is -1.38. The number of hydrogen-bond donors (Lipinski definition) is 0. The van der Waals surface area contributed by atoms with Gasteiger partial charge in [-0.05, 0) is 0 Å². The molecule has 0 N–H and O–H groups in total. The number of thiazole rings is 1. The van der Waals surface area contributed by atoms with Crippen LogP contribution in [0.5, 0.6) is 0 Å². The van der Waals surface area contributed by atoms with E-state index in [1.807, 2.05) is 6.07 Å². The topological polar surface area (TPSA) is 54.5 Å². The average molecular weight is 225 g/mol. The molecule has 0 spiro atoms. The fourth-order valence-electron chi connectivity index (χ4n) is 1.07. The minimum atomic E-state index is 0.398. The van der Waals surface area contributed by atoms with Gasteiger partial charge >= 0.3 is 0 Å². The second-order valence-electron chi connectivity index (χ2n) is 2.57.